The summed E-state index contributed by atoms with van der Waals surface area (Å²) in [5.41, 5.74) is 2.64. The Kier molecular flexibility index (Phi) is 5.45. The molecule has 0 atom stereocenters. The molecule has 0 unspecified atom stereocenters. The van der Waals surface area contributed by atoms with E-state index in [0.29, 0.717) is 22.7 Å². The minimum atomic E-state index is -0.374. The Morgan fingerprint density at radius 2 is 2.00 bits per heavy atom. The van der Waals surface area contributed by atoms with Crippen LogP contribution in [0.25, 0.3) is 21.3 Å². The largest absolute Gasteiger partial charge is 0.494 e. The first-order valence-corrected chi connectivity index (χ1v) is 10.6. The normalized spacial score (nSPS) is 11.1. The van der Waals surface area contributed by atoms with Gasteiger partial charge < -0.3 is 9.72 Å². The van der Waals surface area contributed by atoms with Crippen molar-refractivity contribution in [2.45, 2.75) is 11.5 Å². The second kappa shape index (κ2) is 8.16. The standard InChI is InChI=1S/C21H17FN2O2S2/c1-26-17-8-7-13(9-16(17)22)10-27-12-18-23-20(25)19-15(11-28-21(19)24-18)14-5-3-2-4-6-14/h2-9,11H,10,12H2,1H3,(H,23,24,25). The van der Waals surface area contributed by atoms with Gasteiger partial charge in [-0.05, 0) is 23.3 Å². The summed E-state index contributed by atoms with van der Waals surface area (Å²) in [6, 6.07) is 14.7. The molecule has 0 saturated heterocycles. The number of thioether (sulfide) groups is 1. The van der Waals surface area contributed by atoms with Crippen molar-refractivity contribution in [3.8, 4) is 16.9 Å². The van der Waals surface area contributed by atoms with Gasteiger partial charge in [-0.2, -0.15) is 0 Å². The first-order chi connectivity index (χ1) is 13.7. The molecule has 0 bridgehead atoms. The first kappa shape index (κ1) is 18.7. The molecule has 4 nitrogen and oxygen atoms in total. The molecular formula is C21H17FN2O2S2. The fourth-order valence-electron chi connectivity index (χ4n) is 2.96. The van der Waals surface area contributed by atoms with Gasteiger partial charge in [0.15, 0.2) is 11.6 Å². The molecular weight excluding hydrogens is 395 g/mol. The van der Waals surface area contributed by atoms with Crippen molar-refractivity contribution in [1.29, 1.82) is 0 Å². The summed E-state index contributed by atoms with van der Waals surface area (Å²) in [6.07, 6.45) is 0. The van der Waals surface area contributed by atoms with Gasteiger partial charge in [0.1, 0.15) is 10.7 Å². The second-order valence-corrected chi connectivity index (χ2v) is 8.01. The molecule has 0 aliphatic heterocycles. The van der Waals surface area contributed by atoms with Crippen molar-refractivity contribution in [2.24, 2.45) is 0 Å². The molecule has 0 aliphatic rings. The molecule has 4 rings (SSSR count). The Bertz CT molecular complexity index is 1170. The lowest BCUT2D eigenvalue weighted by Gasteiger charge is -2.05. The molecule has 7 heteroatoms. The van der Waals surface area contributed by atoms with E-state index in [1.54, 1.807) is 17.8 Å². The molecule has 0 radical (unpaired) electrons. The van der Waals surface area contributed by atoms with Gasteiger partial charge in [0.25, 0.3) is 5.56 Å². The van der Waals surface area contributed by atoms with Crippen LogP contribution in [0.15, 0.2) is 58.7 Å². The number of methoxy groups -OCH3 is 1. The molecule has 4 aromatic rings. The third kappa shape index (κ3) is 3.81. The van der Waals surface area contributed by atoms with E-state index in [0.717, 1.165) is 21.5 Å². The minimum absolute atomic E-state index is 0.129. The molecule has 2 aromatic carbocycles. The molecule has 0 fully saturated rings. The van der Waals surface area contributed by atoms with E-state index in [-0.39, 0.29) is 17.1 Å². The number of aromatic nitrogens is 2. The first-order valence-electron chi connectivity index (χ1n) is 8.61. The van der Waals surface area contributed by atoms with Crippen LogP contribution in [-0.2, 0) is 11.5 Å². The Labute approximate surface area is 169 Å². The Morgan fingerprint density at radius 1 is 1.18 bits per heavy atom. The lowest BCUT2D eigenvalue weighted by Crippen LogP contribution is -2.10. The van der Waals surface area contributed by atoms with Crippen LogP contribution in [0.2, 0.25) is 0 Å². The van der Waals surface area contributed by atoms with E-state index < -0.39 is 0 Å². The summed E-state index contributed by atoms with van der Waals surface area (Å²) >= 11 is 3.04. The zero-order chi connectivity index (χ0) is 19.5. The Balaban J connectivity index is 1.51. The number of hydrogen-bond acceptors (Lipinski definition) is 5. The van der Waals surface area contributed by atoms with Crippen molar-refractivity contribution < 1.29 is 9.13 Å². The van der Waals surface area contributed by atoms with Crippen LogP contribution in [0.3, 0.4) is 0 Å². The fraction of sp³-hybridized carbons (Fsp3) is 0.143. The third-order valence-corrected chi connectivity index (χ3v) is 6.19. The summed E-state index contributed by atoms with van der Waals surface area (Å²) in [6.45, 7) is 0. The molecule has 142 valence electrons. The van der Waals surface area contributed by atoms with E-state index in [1.165, 1.54) is 24.5 Å². The van der Waals surface area contributed by atoms with Gasteiger partial charge in [0.2, 0.25) is 0 Å². The van der Waals surface area contributed by atoms with E-state index >= 15 is 0 Å². The summed E-state index contributed by atoms with van der Waals surface area (Å²) in [7, 11) is 1.44. The number of nitrogens with zero attached hydrogens (tertiary/aromatic N) is 1. The van der Waals surface area contributed by atoms with Crippen LogP contribution in [0, 0.1) is 5.82 Å². The van der Waals surface area contributed by atoms with Crippen molar-refractivity contribution in [2.75, 3.05) is 7.11 Å². The predicted molar refractivity (Wildman–Crippen MR) is 114 cm³/mol. The van der Waals surface area contributed by atoms with Crippen LogP contribution < -0.4 is 10.3 Å². The molecule has 0 amide bonds. The quantitative estimate of drug-likeness (QED) is 0.471. The van der Waals surface area contributed by atoms with Crippen LogP contribution in [0.4, 0.5) is 4.39 Å². The van der Waals surface area contributed by atoms with Gasteiger partial charge in [-0.15, -0.1) is 23.1 Å². The molecule has 1 N–H and O–H groups in total. The molecule has 28 heavy (non-hydrogen) atoms. The van der Waals surface area contributed by atoms with Crippen LogP contribution in [0.1, 0.15) is 11.4 Å². The van der Waals surface area contributed by atoms with Gasteiger partial charge in [0.05, 0.1) is 18.2 Å². The maximum absolute atomic E-state index is 13.8. The smallest absolute Gasteiger partial charge is 0.260 e. The topological polar surface area (TPSA) is 55.0 Å². The Morgan fingerprint density at radius 3 is 2.75 bits per heavy atom. The summed E-state index contributed by atoms with van der Waals surface area (Å²) < 4.78 is 18.7. The number of H-pyrrole nitrogens is 1. The van der Waals surface area contributed by atoms with Crippen LogP contribution in [-0.4, -0.2) is 17.1 Å². The maximum atomic E-state index is 13.8. The highest BCUT2D eigenvalue weighted by molar-refractivity contribution is 7.97. The van der Waals surface area contributed by atoms with Gasteiger partial charge in [0, 0.05) is 16.7 Å². The number of halogens is 1. The average Bonchev–Trinajstić information content (AvgIpc) is 3.13. The fourth-order valence-corrected chi connectivity index (χ4v) is 4.77. The van der Waals surface area contributed by atoms with E-state index in [4.69, 9.17) is 4.74 Å². The average molecular weight is 413 g/mol. The molecule has 0 aliphatic carbocycles. The van der Waals surface area contributed by atoms with E-state index in [9.17, 15) is 9.18 Å². The van der Waals surface area contributed by atoms with Crippen molar-refractivity contribution in [3.63, 3.8) is 0 Å². The van der Waals surface area contributed by atoms with Crippen LogP contribution in [0.5, 0.6) is 5.75 Å². The molecule has 2 heterocycles. The number of rotatable bonds is 6. The number of aromatic amines is 1. The van der Waals surface area contributed by atoms with E-state index in [2.05, 4.69) is 9.97 Å². The van der Waals surface area contributed by atoms with E-state index in [1.807, 2.05) is 41.8 Å². The zero-order valence-electron chi connectivity index (χ0n) is 15.1. The lowest BCUT2D eigenvalue weighted by molar-refractivity contribution is 0.386. The van der Waals surface area contributed by atoms with Crippen LogP contribution >= 0.6 is 23.1 Å². The van der Waals surface area contributed by atoms with Gasteiger partial charge in [-0.1, -0.05) is 36.4 Å². The third-order valence-electron chi connectivity index (χ3n) is 4.30. The predicted octanol–water partition coefficient (Wildman–Crippen LogP) is 5.23. The number of ether oxygens (including phenoxy) is 1. The summed E-state index contributed by atoms with van der Waals surface area (Å²) in [4.78, 5) is 20.9. The number of hydrogen-bond donors (Lipinski definition) is 1. The number of thiophene rings is 1. The SMILES string of the molecule is COc1ccc(CSCc2nc3scc(-c4ccccc4)c3c(=O)[nH]2)cc1F. The monoisotopic (exact) mass is 412 g/mol. The van der Waals surface area contributed by atoms with Crippen molar-refractivity contribution in [3.05, 3.63) is 81.5 Å². The molecule has 0 spiro atoms. The zero-order valence-corrected chi connectivity index (χ0v) is 16.7. The number of benzene rings is 2. The van der Waals surface area contributed by atoms with Crippen molar-refractivity contribution >= 4 is 33.3 Å². The number of fused-ring (bicyclic) bond motifs is 1. The lowest BCUT2D eigenvalue weighted by atomic mass is 10.1. The summed E-state index contributed by atoms with van der Waals surface area (Å²) in [5, 5.41) is 2.60. The van der Waals surface area contributed by atoms with Crippen molar-refractivity contribution in [1.82, 2.24) is 9.97 Å². The summed E-state index contributed by atoms with van der Waals surface area (Å²) in [5.74, 6) is 1.63. The molecule has 2 aromatic heterocycles. The molecule has 0 saturated carbocycles. The second-order valence-electron chi connectivity index (χ2n) is 6.17. The van der Waals surface area contributed by atoms with Gasteiger partial charge in [-0.3, -0.25) is 4.79 Å². The highest BCUT2D eigenvalue weighted by Gasteiger charge is 2.13. The Hall–Kier alpha value is -2.64. The highest BCUT2D eigenvalue weighted by Crippen LogP contribution is 2.31. The highest BCUT2D eigenvalue weighted by atomic mass is 32.2. The number of nitrogens with one attached hydrogen (secondary N) is 1. The maximum Gasteiger partial charge on any atom is 0.260 e. The minimum Gasteiger partial charge on any atom is -0.494 e. The van der Waals surface area contributed by atoms with Gasteiger partial charge >= 0.3 is 0 Å². The van der Waals surface area contributed by atoms with Gasteiger partial charge in [-0.25, -0.2) is 9.37 Å².